The second-order valence-electron chi connectivity index (χ2n) is 4.62. The third-order valence-corrected chi connectivity index (χ3v) is 3.64. The third kappa shape index (κ3) is 2.14. The fourth-order valence-electron chi connectivity index (χ4n) is 2.31. The highest BCUT2D eigenvalue weighted by Crippen LogP contribution is 2.31. The average molecular weight is 272 g/mol. The maximum atomic E-state index is 6.29. The minimum Gasteiger partial charge on any atom is -0.459 e. The van der Waals surface area contributed by atoms with E-state index in [0.29, 0.717) is 5.02 Å². The Kier molecular flexibility index (Phi) is 3.05. The predicted octanol–water partition coefficient (Wildman–Crippen LogP) is 4.44. The Morgan fingerprint density at radius 3 is 2.42 bits per heavy atom. The molecule has 3 heteroatoms. The second kappa shape index (κ2) is 4.72. The fourth-order valence-corrected chi connectivity index (χ4v) is 2.44. The van der Waals surface area contributed by atoms with Gasteiger partial charge in [-0.05, 0) is 30.7 Å². The first kappa shape index (κ1) is 12.3. The van der Waals surface area contributed by atoms with Crippen molar-refractivity contribution < 1.29 is 4.42 Å². The van der Waals surface area contributed by atoms with Crippen LogP contribution in [0.15, 0.2) is 52.9 Å². The Labute approximate surface area is 116 Å². The molecule has 3 aromatic rings. The molecule has 3 rings (SSSR count). The van der Waals surface area contributed by atoms with E-state index in [1.54, 1.807) is 0 Å². The van der Waals surface area contributed by atoms with Gasteiger partial charge in [0.05, 0.1) is 6.04 Å². The maximum Gasteiger partial charge on any atom is 0.134 e. The lowest BCUT2D eigenvalue weighted by Gasteiger charge is -2.10. The van der Waals surface area contributed by atoms with E-state index in [4.69, 9.17) is 21.8 Å². The van der Waals surface area contributed by atoms with Gasteiger partial charge in [-0.3, -0.25) is 0 Å². The van der Waals surface area contributed by atoms with Crippen molar-refractivity contribution >= 4 is 22.6 Å². The van der Waals surface area contributed by atoms with Crippen molar-refractivity contribution in [3.63, 3.8) is 0 Å². The summed E-state index contributed by atoms with van der Waals surface area (Å²) in [5.41, 5.74) is 9.26. The first-order valence-corrected chi connectivity index (χ1v) is 6.53. The number of nitrogens with two attached hydrogens (primary N) is 1. The summed E-state index contributed by atoms with van der Waals surface area (Å²) in [5, 5.41) is 1.82. The van der Waals surface area contributed by atoms with E-state index in [0.717, 1.165) is 27.9 Å². The van der Waals surface area contributed by atoms with Crippen LogP contribution < -0.4 is 5.73 Å². The SMILES string of the molecule is Cc1c(C(N)c2ccc(Cl)cc2)oc2ccccc12. The molecule has 0 spiro atoms. The summed E-state index contributed by atoms with van der Waals surface area (Å²) in [6, 6.07) is 15.2. The van der Waals surface area contributed by atoms with Gasteiger partial charge < -0.3 is 10.2 Å². The summed E-state index contributed by atoms with van der Waals surface area (Å²) in [4.78, 5) is 0. The molecular formula is C16H14ClNO. The predicted molar refractivity (Wildman–Crippen MR) is 78.4 cm³/mol. The first-order valence-electron chi connectivity index (χ1n) is 6.16. The van der Waals surface area contributed by atoms with E-state index < -0.39 is 0 Å². The Balaban J connectivity index is 2.08. The number of hydrogen-bond acceptors (Lipinski definition) is 2. The average Bonchev–Trinajstić information content (AvgIpc) is 2.77. The molecule has 1 aromatic heterocycles. The standard InChI is InChI=1S/C16H14ClNO/c1-10-13-4-2-3-5-14(13)19-16(10)15(18)11-6-8-12(17)9-7-11/h2-9,15H,18H2,1H3. The Morgan fingerprint density at radius 2 is 1.74 bits per heavy atom. The lowest BCUT2D eigenvalue weighted by Crippen LogP contribution is -2.11. The van der Waals surface area contributed by atoms with Crippen LogP contribution in [0.5, 0.6) is 0 Å². The zero-order valence-corrected chi connectivity index (χ0v) is 11.3. The Morgan fingerprint density at radius 1 is 1.05 bits per heavy atom. The molecule has 0 bridgehead atoms. The highest BCUT2D eigenvalue weighted by atomic mass is 35.5. The number of hydrogen-bond donors (Lipinski definition) is 1. The molecule has 2 N–H and O–H groups in total. The van der Waals surface area contributed by atoms with Crippen molar-refractivity contribution in [1.29, 1.82) is 0 Å². The van der Waals surface area contributed by atoms with Crippen molar-refractivity contribution in [2.75, 3.05) is 0 Å². The summed E-state index contributed by atoms with van der Waals surface area (Å²) in [7, 11) is 0. The number of rotatable bonds is 2. The van der Waals surface area contributed by atoms with E-state index in [2.05, 4.69) is 0 Å². The summed E-state index contributed by atoms with van der Waals surface area (Å²) >= 11 is 5.89. The molecule has 0 saturated carbocycles. The van der Waals surface area contributed by atoms with Gasteiger partial charge in [-0.1, -0.05) is 41.9 Å². The number of furan rings is 1. The quantitative estimate of drug-likeness (QED) is 0.748. The molecule has 0 aliphatic rings. The van der Waals surface area contributed by atoms with Crippen LogP contribution in [0, 0.1) is 6.92 Å². The van der Waals surface area contributed by atoms with E-state index >= 15 is 0 Å². The smallest absolute Gasteiger partial charge is 0.134 e. The molecule has 1 heterocycles. The van der Waals surface area contributed by atoms with Gasteiger partial charge in [0.25, 0.3) is 0 Å². The van der Waals surface area contributed by atoms with Crippen molar-refractivity contribution in [2.24, 2.45) is 5.73 Å². The normalized spacial score (nSPS) is 12.8. The second-order valence-corrected chi connectivity index (χ2v) is 5.05. The number of aryl methyl sites for hydroxylation is 1. The number of fused-ring (bicyclic) bond motifs is 1. The van der Waals surface area contributed by atoms with E-state index in [1.165, 1.54) is 0 Å². The van der Waals surface area contributed by atoms with Crippen LogP contribution in [-0.4, -0.2) is 0 Å². The van der Waals surface area contributed by atoms with Crippen molar-refractivity contribution in [3.8, 4) is 0 Å². The highest BCUT2D eigenvalue weighted by Gasteiger charge is 2.18. The van der Waals surface area contributed by atoms with Gasteiger partial charge in [0, 0.05) is 16.0 Å². The summed E-state index contributed by atoms with van der Waals surface area (Å²) in [6.45, 7) is 2.04. The maximum absolute atomic E-state index is 6.29. The monoisotopic (exact) mass is 271 g/mol. The van der Waals surface area contributed by atoms with Crippen LogP contribution in [0.25, 0.3) is 11.0 Å². The van der Waals surface area contributed by atoms with Crippen molar-refractivity contribution in [2.45, 2.75) is 13.0 Å². The number of halogens is 1. The lowest BCUT2D eigenvalue weighted by molar-refractivity contribution is 0.521. The van der Waals surface area contributed by atoms with E-state index in [9.17, 15) is 0 Å². The highest BCUT2D eigenvalue weighted by molar-refractivity contribution is 6.30. The molecule has 0 aliphatic carbocycles. The third-order valence-electron chi connectivity index (χ3n) is 3.39. The molecule has 0 radical (unpaired) electrons. The summed E-state index contributed by atoms with van der Waals surface area (Å²) < 4.78 is 5.89. The molecule has 96 valence electrons. The fraction of sp³-hybridized carbons (Fsp3) is 0.125. The van der Waals surface area contributed by atoms with Gasteiger partial charge >= 0.3 is 0 Å². The number of para-hydroxylation sites is 1. The first-order chi connectivity index (χ1) is 9.16. The molecule has 1 unspecified atom stereocenters. The molecule has 0 saturated heterocycles. The van der Waals surface area contributed by atoms with Crippen LogP contribution in [0.2, 0.25) is 5.02 Å². The minimum atomic E-state index is -0.273. The van der Waals surface area contributed by atoms with E-state index in [1.807, 2.05) is 55.5 Å². The largest absolute Gasteiger partial charge is 0.459 e. The van der Waals surface area contributed by atoms with Gasteiger partial charge in [-0.15, -0.1) is 0 Å². The molecule has 19 heavy (non-hydrogen) atoms. The zero-order valence-electron chi connectivity index (χ0n) is 10.6. The number of benzene rings is 2. The molecule has 0 amide bonds. The van der Waals surface area contributed by atoms with Crippen LogP contribution in [0.1, 0.15) is 22.9 Å². The van der Waals surface area contributed by atoms with Crippen molar-refractivity contribution in [3.05, 3.63) is 70.4 Å². The summed E-state index contributed by atoms with van der Waals surface area (Å²) in [6.07, 6.45) is 0. The Hall–Kier alpha value is -1.77. The van der Waals surface area contributed by atoms with Gasteiger partial charge in [0.15, 0.2) is 0 Å². The molecular weight excluding hydrogens is 258 g/mol. The topological polar surface area (TPSA) is 39.2 Å². The molecule has 2 nitrogen and oxygen atoms in total. The van der Waals surface area contributed by atoms with Gasteiger partial charge in [0.1, 0.15) is 11.3 Å². The van der Waals surface area contributed by atoms with Crippen LogP contribution >= 0.6 is 11.6 Å². The van der Waals surface area contributed by atoms with Gasteiger partial charge in [-0.25, -0.2) is 0 Å². The molecule has 1 atom stereocenters. The minimum absolute atomic E-state index is 0.273. The van der Waals surface area contributed by atoms with Crippen molar-refractivity contribution in [1.82, 2.24) is 0 Å². The summed E-state index contributed by atoms with van der Waals surface area (Å²) in [5.74, 6) is 0.809. The van der Waals surface area contributed by atoms with Crippen LogP contribution in [0.3, 0.4) is 0 Å². The zero-order chi connectivity index (χ0) is 13.4. The van der Waals surface area contributed by atoms with Crippen LogP contribution in [0.4, 0.5) is 0 Å². The lowest BCUT2D eigenvalue weighted by atomic mass is 10.0. The van der Waals surface area contributed by atoms with E-state index in [-0.39, 0.29) is 6.04 Å². The van der Waals surface area contributed by atoms with Gasteiger partial charge in [0.2, 0.25) is 0 Å². The van der Waals surface area contributed by atoms with Crippen LogP contribution in [-0.2, 0) is 0 Å². The Bertz CT molecular complexity index is 715. The molecule has 0 aliphatic heterocycles. The van der Waals surface area contributed by atoms with Gasteiger partial charge in [-0.2, -0.15) is 0 Å². The molecule has 0 fully saturated rings. The molecule has 2 aromatic carbocycles.